The first-order chi connectivity index (χ1) is 8.07. The fourth-order valence-corrected chi connectivity index (χ4v) is 2.10. The van der Waals surface area contributed by atoms with Gasteiger partial charge in [-0.05, 0) is 32.9 Å². The van der Waals surface area contributed by atoms with Gasteiger partial charge in [0.15, 0.2) is 0 Å². The van der Waals surface area contributed by atoms with Crippen molar-refractivity contribution in [3.05, 3.63) is 0 Å². The van der Waals surface area contributed by atoms with Crippen LogP contribution in [0.3, 0.4) is 0 Å². The molecule has 0 amide bonds. The molecule has 0 saturated heterocycles. The second kappa shape index (κ2) is 8.90. The molecule has 0 rings (SSSR count). The van der Waals surface area contributed by atoms with E-state index in [-0.39, 0.29) is 12.0 Å². The lowest BCUT2D eigenvalue weighted by molar-refractivity contribution is 0.108. The van der Waals surface area contributed by atoms with Crippen LogP contribution in [0.4, 0.5) is 0 Å². The highest BCUT2D eigenvalue weighted by atomic mass is 16.3. The Labute approximate surface area is 108 Å². The summed E-state index contributed by atoms with van der Waals surface area (Å²) in [5, 5.41) is 13.1. The second-order valence-electron chi connectivity index (χ2n) is 5.13. The van der Waals surface area contributed by atoms with Crippen molar-refractivity contribution in [1.29, 1.82) is 0 Å². The Balaban J connectivity index is 4.08. The molecule has 0 aliphatic heterocycles. The van der Waals surface area contributed by atoms with Crippen LogP contribution in [-0.4, -0.2) is 48.8 Å². The minimum atomic E-state index is 0.0670. The van der Waals surface area contributed by atoms with Crippen molar-refractivity contribution in [2.75, 3.05) is 32.8 Å². The van der Waals surface area contributed by atoms with E-state index in [1.165, 1.54) is 0 Å². The van der Waals surface area contributed by atoms with Crippen LogP contribution in [0.5, 0.6) is 0 Å². The number of nitrogens with zero attached hydrogens (tertiary/aromatic N) is 1. The van der Waals surface area contributed by atoms with Crippen LogP contribution in [0.1, 0.15) is 47.5 Å². The molecule has 0 spiro atoms. The molecule has 2 N–H and O–H groups in total. The molecule has 0 bridgehead atoms. The smallest absolute Gasteiger partial charge is 0.0499 e. The highest BCUT2D eigenvalue weighted by molar-refractivity contribution is 4.80. The Morgan fingerprint density at radius 1 is 1.12 bits per heavy atom. The number of likely N-dealkylation sites (N-methyl/N-ethyl adjacent to an activating group) is 1. The number of aliphatic hydroxyl groups is 1. The summed E-state index contributed by atoms with van der Waals surface area (Å²) in [6.07, 6.45) is 2.07. The van der Waals surface area contributed by atoms with E-state index in [9.17, 15) is 5.11 Å². The van der Waals surface area contributed by atoms with Crippen molar-refractivity contribution in [2.24, 2.45) is 5.41 Å². The molecule has 104 valence electrons. The van der Waals surface area contributed by atoms with Crippen molar-refractivity contribution >= 4 is 0 Å². The minimum absolute atomic E-state index is 0.0670. The first-order valence-electron chi connectivity index (χ1n) is 7.14. The Morgan fingerprint density at radius 2 is 1.65 bits per heavy atom. The fraction of sp³-hybridized carbons (Fsp3) is 1.00. The van der Waals surface area contributed by atoms with Crippen molar-refractivity contribution in [1.82, 2.24) is 10.2 Å². The first kappa shape index (κ1) is 16.9. The van der Waals surface area contributed by atoms with Crippen LogP contribution in [0, 0.1) is 5.41 Å². The summed E-state index contributed by atoms with van der Waals surface area (Å²) in [5.41, 5.74) is 0.0670. The lowest BCUT2D eigenvalue weighted by atomic mass is 9.83. The molecule has 3 heteroatoms. The van der Waals surface area contributed by atoms with E-state index in [0.717, 1.165) is 39.0 Å². The summed E-state index contributed by atoms with van der Waals surface area (Å²) >= 11 is 0. The van der Waals surface area contributed by atoms with Crippen molar-refractivity contribution in [2.45, 2.75) is 53.5 Å². The molecule has 0 aromatic heterocycles. The summed E-state index contributed by atoms with van der Waals surface area (Å²) in [5.74, 6) is 0. The molecule has 1 unspecified atom stereocenters. The third-order valence-electron chi connectivity index (χ3n) is 4.09. The van der Waals surface area contributed by atoms with Gasteiger partial charge in [0.1, 0.15) is 0 Å². The van der Waals surface area contributed by atoms with E-state index in [1.807, 2.05) is 0 Å². The minimum Gasteiger partial charge on any atom is -0.396 e. The SMILES string of the molecule is CCN(CC)CC(C)NCC(CC)(CC)CO. The molecule has 0 aliphatic rings. The van der Waals surface area contributed by atoms with E-state index in [1.54, 1.807) is 0 Å². The topological polar surface area (TPSA) is 35.5 Å². The van der Waals surface area contributed by atoms with Crippen molar-refractivity contribution in [3.63, 3.8) is 0 Å². The van der Waals surface area contributed by atoms with E-state index >= 15 is 0 Å². The Bertz CT molecular complexity index is 169. The zero-order valence-electron chi connectivity index (χ0n) is 12.4. The summed E-state index contributed by atoms with van der Waals surface area (Å²) in [6, 6.07) is 0.485. The number of rotatable bonds is 10. The molecule has 1 atom stereocenters. The van der Waals surface area contributed by atoms with Gasteiger partial charge in [-0.25, -0.2) is 0 Å². The van der Waals surface area contributed by atoms with Gasteiger partial charge in [0, 0.05) is 31.2 Å². The second-order valence-corrected chi connectivity index (χ2v) is 5.13. The first-order valence-corrected chi connectivity index (χ1v) is 7.14. The zero-order chi connectivity index (χ0) is 13.3. The molecule has 17 heavy (non-hydrogen) atoms. The highest BCUT2D eigenvalue weighted by Gasteiger charge is 2.25. The van der Waals surface area contributed by atoms with E-state index in [2.05, 4.69) is 44.8 Å². The van der Waals surface area contributed by atoms with Gasteiger partial charge in [-0.1, -0.05) is 27.7 Å². The Hall–Kier alpha value is -0.120. The number of nitrogens with one attached hydrogen (secondary N) is 1. The third kappa shape index (κ3) is 5.84. The van der Waals surface area contributed by atoms with Crippen LogP contribution in [0.2, 0.25) is 0 Å². The largest absolute Gasteiger partial charge is 0.396 e. The van der Waals surface area contributed by atoms with Crippen molar-refractivity contribution < 1.29 is 5.11 Å². The third-order valence-corrected chi connectivity index (χ3v) is 4.09. The Morgan fingerprint density at radius 3 is 2.00 bits per heavy atom. The lowest BCUT2D eigenvalue weighted by Gasteiger charge is -2.32. The average molecular weight is 244 g/mol. The van der Waals surface area contributed by atoms with Gasteiger partial charge >= 0.3 is 0 Å². The molecular weight excluding hydrogens is 212 g/mol. The van der Waals surface area contributed by atoms with Crippen LogP contribution < -0.4 is 5.32 Å². The summed E-state index contributed by atoms with van der Waals surface area (Å²) in [7, 11) is 0. The normalized spacial score (nSPS) is 14.3. The average Bonchev–Trinajstić information content (AvgIpc) is 2.38. The molecular formula is C14H32N2O. The maximum Gasteiger partial charge on any atom is 0.0499 e. The predicted molar refractivity (Wildman–Crippen MR) is 75.4 cm³/mol. The van der Waals surface area contributed by atoms with Gasteiger partial charge < -0.3 is 15.3 Å². The molecule has 0 aromatic carbocycles. The molecule has 0 saturated carbocycles. The monoisotopic (exact) mass is 244 g/mol. The molecule has 0 aliphatic carbocycles. The van der Waals surface area contributed by atoms with Crippen LogP contribution >= 0.6 is 0 Å². The summed E-state index contributed by atoms with van der Waals surface area (Å²) < 4.78 is 0. The number of hydrogen-bond acceptors (Lipinski definition) is 3. The van der Waals surface area contributed by atoms with Gasteiger partial charge in [0.25, 0.3) is 0 Å². The number of hydrogen-bond donors (Lipinski definition) is 2. The summed E-state index contributed by atoms with van der Waals surface area (Å²) in [4.78, 5) is 2.43. The van der Waals surface area contributed by atoms with Crippen molar-refractivity contribution in [3.8, 4) is 0 Å². The zero-order valence-corrected chi connectivity index (χ0v) is 12.4. The van der Waals surface area contributed by atoms with Gasteiger partial charge in [-0.15, -0.1) is 0 Å². The van der Waals surface area contributed by atoms with Crippen LogP contribution in [0.25, 0.3) is 0 Å². The van der Waals surface area contributed by atoms with E-state index < -0.39 is 0 Å². The lowest BCUT2D eigenvalue weighted by Crippen LogP contribution is -2.45. The van der Waals surface area contributed by atoms with Gasteiger partial charge in [-0.2, -0.15) is 0 Å². The quantitative estimate of drug-likeness (QED) is 0.618. The molecule has 0 aromatic rings. The van der Waals surface area contributed by atoms with E-state index in [4.69, 9.17) is 0 Å². The van der Waals surface area contributed by atoms with Crippen LogP contribution in [-0.2, 0) is 0 Å². The summed E-state index contributed by atoms with van der Waals surface area (Å²) in [6.45, 7) is 15.5. The Kier molecular flexibility index (Phi) is 8.83. The maximum atomic E-state index is 9.51. The van der Waals surface area contributed by atoms with Crippen LogP contribution in [0.15, 0.2) is 0 Å². The predicted octanol–water partition coefficient (Wildman–Crippen LogP) is 2.10. The fourth-order valence-electron chi connectivity index (χ4n) is 2.10. The standard InChI is InChI=1S/C14H32N2O/c1-6-14(7-2,12-17)11-15-13(5)10-16(8-3)9-4/h13,15,17H,6-12H2,1-5H3. The molecule has 3 nitrogen and oxygen atoms in total. The van der Waals surface area contributed by atoms with Gasteiger partial charge in [-0.3, -0.25) is 0 Å². The maximum absolute atomic E-state index is 9.51. The van der Waals surface area contributed by atoms with Gasteiger partial charge in [0.2, 0.25) is 0 Å². The van der Waals surface area contributed by atoms with E-state index in [0.29, 0.717) is 6.04 Å². The van der Waals surface area contributed by atoms with Gasteiger partial charge in [0.05, 0.1) is 0 Å². The highest BCUT2D eigenvalue weighted by Crippen LogP contribution is 2.24. The molecule has 0 radical (unpaired) electrons. The molecule has 0 fully saturated rings. The molecule has 0 heterocycles. The number of aliphatic hydroxyl groups excluding tert-OH is 1.